The quantitative estimate of drug-likeness (QED) is 0.728. The van der Waals surface area contributed by atoms with Gasteiger partial charge in [-0.25, -0.2) is 4.39 Å². The lowest BCUT2D eigenvalue weighted by Crippen LogP contribution is -2.35. The van der Waals surface area contributed by atoms with Crippen molar-refractivity contribution in [1.82, 2.24) is 14.9 Å². The number of piperidine rings is 1. The Morgan fingerprint density at radius 2 is 1.85 bits per heavy atom. The SMILES string of the molecule is Fc1ccc(-c2[nH]cc(C3=CN4CCC3CC4)c2-c2ccccn2)cc1. The smallest absolute Gasteiger partial charge is 0.123 e. The fourth-order valence-corrected chi connectivity index (χ4v) is 4.20. The zero-order chi connectivity index (χ0) is 17.5. The molecule has 0 spiro atoms. The van der Waals surface area contributed by atoms with Crippen LogP contribution in [0.5, 0.6) is 0 Å². The molecule has 5 heterocycles. The van der Waals surface area contributed by atoms with Gasteiger partial charge in [-0.15, -0.1) is 0 Å². The van der Waals surface area contributed by atoms with Gasteiger partial charge in [-0.2, -0.15) is 0 Å². The van der Waals surface area contributed by atoms with Crippen molar-refractivity contribution in [2.75, 3.05) is 13.1 Å². The van der Waals surface area contributed by atoms with Gasteiger partial charge >= 0.3 is 0 Å². The van der Waals surface area contributed by atoms with Gasteiger partial charge in [-0.3, -0.25) is 4.98 Å². The van der Waals surface area contributed by atoms with Gasteiger partial charge in [0.2, 0.25) is 0 Å². The Hall–Kier alpha value is -2.88. The zero-order valence-electron chi connectivity index (χ0n) is 14.5. The highest BCUT2D eigenvalue weighted by Crippen LogP contribution is 2.44. The summed E-state index contributed by atoms with van der Waals surface area (Å²) >= 11 is 0. The van der Waals surface area contributed by atoms with Gasteiger partial charge in [0.05, 0.1) is 11.4 Å². The molecule has 3 aromatic rings. The normalized spacial score (nSPS) is 16.8. The van der Waals surface area contributed by atoms with E-state index in [-0.39, 0.29) is 5.82 Å². The molecule has 1 N–H and O–H groups in total. The van der Waals surface area contributed by atoms with E-state index in [0.29, 0.717) is 5.92 Å². The molecule has 3 aliphatic heterocycles. The van der Waals surface area contributed by atoms with Gasteiger partial charge in [0, 0.05) is 42.8 Å². The number of rotatable bonds is 3. The topological polar surface area (TPSA) is 31.9 Å². The maximum absolute atomic E-state index is 13.4. The van der Waals surface area contributed by atoms with Crippen molar-refractivity contribution in [3.63, 3.8) is 0 Å². The van der Waals surface area contributed by atoms with Crippen LogP contribution in [0.2, 0.25) is 0 Å². The number of allylic oxidation sites excluding steroid dienone is 1. The fraction of sp³-hybridized carbons (Fsp3) is 0.227. The molecule has 2 bridgehead atoms. The summed E-state index contributed by atoms with van der Waals surface area (Å²) < 4.78 is 13.4. The molecule has 4 heteroatoms. The van der Waals surface area contributed by atoms with Crippen LogP contribution in [-0.4, -0.2) is 28.0 Å². The van der Waals surface area contributed by atoms with E-state index in [9.17, 15) is 4.39 Å². The summed E-state index contributed by atoms with van der Waals surface area (Å²) in [5.74, 6) is 0.388. The molecule has 3 nitrogen and oxygen atoms in total. The lowest BCUT2D eigenvalue weighted by atomic mass is 9.81. The Morgan fingerprint density at radius 3 is 2.50 bits per heavy atom. The molecule has 6 rings (SSSR count). The summed E-state index contributed by atoms with van der Waals surface area (Å²) in [6.45, 7) is 2.31. The van der Waals surface area contributed by atoms with Crippen LogP contribution in [0.4, 0.5) is 4.39 Å². The number of pyridine rings is 1. The third-order valence-electron chi connectivity index (χ3n) is 5.54. The standard InChI is InChI=1S/C22H20FN3/c23-17-6-4-16(5-7-17)22-21(20-3-1-2-10-24-20)18(13-25-22)19-14-26-11-8-15(19)9-12-26/h1-7,10,13-15,25H,8-9,11-12H2. The van der Waals surface area contributed by atoms with Crippen LogP contribution in [0.25, 0.3) is 28.1 Å². The van der Waals surface area contributed by atoms with E-state index in [1.54, 1.807) is 0 Å². The minimum absolute atomic E-state index is 0.222. The highest BCUT2D eigenvalue weighted by Gasteiger charge is 2.30. The lowest BCUT2D eigenvalue weighted by molar-refractivity contribution is 0.252. The van der Waals surface area contributed by atoms with Crippen molar-refractivity contribution in [3.8, 4) is 22.5 Å². The highest BCUT2D eigenvalue weighted by atomic mass is 19.1. The number of aromatic amines is 1. The van der Waals surface area contributed by atoms with Gasteiger partial charge in [0.15, 0.2) is 0 Å². The zero-order valence-corrected chi connectivity index (χ0v) is 14.5. The molecule has 130 valence electrons. The summed E-state index contributed by atoms with van der Waals surface area (Å²) in [7, 11) is 0. The minimum Gasteiger partial charge on any atom is -0.377 e. The number of hydrogen-bond acceptors (Lipinski definition) is 2. The van der Waals surface area contributed by atoms with Crippen LogP contribution in [0.3, 0.4) is 0 Å². The first-order valence-electron chi connectivity index (χ1n) is 9.14. The largest absolute Gasteiger partial charge is 0.377 e. The van der Waals surface area contributed by atoms with E-state index in [4.69, 9.17) is 0 Å². The number of benzene rings is 1. The predicted molar refractivity (Wildman–Crippen MR) is 102 cm³/mol. The molecular weight excluding hydrogens is 325 g/mol. The van der Waals surface area contributed by atoms with Crippen LogP contribution in [0, 0.1) is 11.7 Å². The second kappa shape index (κ2) is 6.13. The van der Waals surface area contributed by atoms with E-state index in [1.165, 1.54) is 36.1 Å². The van der Waals surface area contributed by atoms with E-state index in [2.05, 4.69) is 27.3 Å². The number of fused-ring (bicyclic) bond motifs is 2. The molecular formula is C22H20FN3. The average Bonchev–Trinajstić information content (AvgIpc) is 3.15. The molecule has 1 fully saturated rings. The molecule has 0 aliphatic carbocycles. The van der Waals surface area contributed by atoms with Crippen LogP contribution in [0.15, 0.2) is 61.1 Å². The lowest BCUT2D eigenvalue weighted by Gasteiger charge is -2.39. The Balaban J connectivity index is 1.70. The number of aromatic nitrogens is 2. The maximum Gasteiger partial charge on any atom is 0.123 e. The Morgan fingerprint density at radius 1 is 1.04 bits per heavy atom. The number of H-pyrrole nitrogens is 1. The van der Waals surface area contributed by atoms with Gasteiger partial charge in [-0.05, 0) is 66.3 Å². The first kappa shape index (κ1) is 15.4. The molecule has 2 aromatic heterocycles. The van der Waals surface area contributed by atoms with Crippen molar-refractivity contribution in [1.29, 1.82) is 0 Å². The van der Waals surface area contributed by atoms with Crippen molar-refractivity contribution in [2.24, 2.45) is 5.92 Å². The third kappa shape index (κ3) is 2.53. The Labute approximate surface area is 152 Å². The highest BCUT2D eigenvalue weighted by molar-refractivity contribution is 5.90. The molecule has 1 saturated heterocycles. The van der Waals surface area contributed by atoms with Crippen LogP contribution < -0.4 is 0 Å². The molecule has 0 atom stereocenters. The van der Waals surface area contributed by atoms with Crippen molar-refractivity contribution < 1.29 is 4.39 Å². The molecule has 0 radical (unpaired) electrons. The molecule has 1 aromatic carbocycles. The fourth-order valence-electron chi connectivity index (χ4n) is 4.20. The van der Waals surface area contributed by atoms with Gasteiger partial charge in [0.25, 0.3) is 0 Å². The minimum atomic E-state index is -0.222. The van der Waals surface area contributed by atoms with Crippen molar-refractivity contribution >= 4 is 5.57 Å². The molecule has 0 amide bonds. The first-order chi connectivity index (χ1) is 12.8. The van der Waals surface area contributed by atoms with Gasteiger partial charge in [-0.1, -0.05) is 6.07 Å². The summed E-state index contributed by atoms with van der Waals surface area (Å²) in [4.78, 5) is 10.5. The number of hydrogen-bond donors (Lipinski definition) is 1. The third-order valence-corrected chi connectivity index (χ3v) is 5.54. The Kier molecular flexibility index (Phi) is 3.63. The van der Waals surface area contributed by atoms with E-state index in [1.807, 2.05) is 36.5 Å². The Bertz CT molecular complexity index is 949. The van der Waals surface area contributed by atoms with E-state index >= 15 is 0 Å². The van der Waals surface area contributed by atoms with Crippen LogP contribution in [-0.2, 0) is 0 Å². The molecule has 0 unspecified atom stereocenters. The van der Waals surface area contributed by atoms with Crippen molar-refractivity contribution in [3.05, 3.63) is 72.4 Å². The second-order valence-electron chi connectivity index (χ2n) is 7.07. The molecule has 3 aliphatic rings. The van der Waals surface area contributed by atoms with E-state index < -0.39 is 0 Å². The maximum atomic E-state index is 13.4. The van der Waals surface area contributed by atoms with Gasteiger partial charge in [0.1, 0.15) is 5.82 Å². The molecule has 26 heavy (non-hydrogen) atoms. The second-order valence-corrected chi connectivity index (χ2v) is 7.07. The predicted octanol–water partition coefficient (Wildman–Crippen LogP) is 4.95. The van der Waals surface area contributed by atoms with Crippen LogP contribution in [0.1, 0.15) is 18.4 Å². The summed E-state index contributed by atoms with van der Waals surface area (Å²) in [5.41, 5.74) is 6.64. The van der Waals surface area contributed by atoms with Crippen LogP contribution >= 0.6 is 0 Å². The average molecular weight is 345 g/mol. The van der Waals surface area contributed by atoms with Crippen molar-refractivity contribution in [2.45, 2.75) is 12.8 Å². The summed E-state index contributed by atoms with van der Waals surface area (Å²) in [6, 6.07) is 12.6. The monoisotopic (exact) mass is 345 g/mol. The first-order valence-corrected chi connectivity index (χ1v) is 9.14. The summed E-state index contributed by atoms with van der Waals surface area (Å²) in [6.07, 6.45) is 8.67. The van der Waals surface area contributed by atoms with Gasteiger partial charge < -0.3 is 9.88 Å². The molecule has 0 saturated carbocycles. The number of halogens is 1. The van der Waals surface area contributed by atoms with E-state index in [0.717, 1.165) is 35.6 Å². The summed E-state index contributed by atoms with van der Waals surface area (Å²) in [5, 5.41) is 0. The number of nitrogens with one attached hydrogen (secondary N) is 1. The number of nitrogens with zero attached hydrogens (tertiary/aromatic N) is 2.